The summed E-state index contributed by atoms with van der Waals surface area (Å²) in [6.07, 6.45) is 3.87. The first kappa shape index (κ1) is 19.7. The minimum atomic E-state index is 0.771. The van der Waals surface area contributed by atoms with Crippen molar-refractivity contribution in [3.05, 3.63) is 71.5 Å². The standard InChI is InChI=1S/C23H26ClN5/c1-27(2)17-18-4-3-5-19(14-18)20-15-25-23(26-16-20)29-12-10-28(11-13-29)22-8-6-21(24)7-9-22/h3-9,14-16H,10-13,17H2,1-2H3. The van der Waals surface area contributed by atoms with Gasteiger partial charge in [-0.25, -0.2) is 9.97 Å². The zero-order valence-corrected chi connectivity index (χ0v) is 17.7. The third-order valence-corrected chi connectivity index (χ3v) is 5.40. The molecule has 4 rings (SSSR count). The fourth-order valence-corrected chi connectivity index (χ4v) is 3.79. The van der Waals surface area contributed by atoms with Gasteiger partial charge in [-0.3, -0.25) is 0 Å². The van der Waals surface area contributed by atoms with Gasteiger partial charge in [0.15, 0.2) is 0 Å². The summed E-state index contributed by atoms with van der Waals surface area (Å²) < 4.78 is 0. The third-order valence-electron chi connectivity index (χ3n) is 5.15. The van der Waals surface area contributed by atoms with E-state index in [-0.39, 0.29) is 0 Å². The normalized spacial score (nSPS) is 14.5. The highest BCUT2D eigenvalue weighted by atomic mass is 35.5. The lowest BCUT2D eigenvalue weighted by Gasteiger charge is -2.36. The van der Waals surface area contributed by atoms with E-state index in [0.717, 1.165) is 54.8 Å². The van der Waals surface area contributed by atoms with Crippen molar-refractivity contribution < 1.29 is 0 Å². The largest absolute Gasteiger partial charge is 0.368 e. The Balaban J connectivity index is 1.40. The highest BCUT2D eigenvalue weighted by molar-refractivity contribution is 6.30. The molecule has 0 aliphatic carbocycles. The van der Waals surface area contributed by atoms with Crippen molar-refractivity contribution in [1.82, 2.24) is 14.9 Å². The first-order chi connectivity index (χ1) is 14.1. The lowest BCUT2D eigenvalue weighted by atomic mass is 10.1. The predicted octanol–water partition coefficient (Wildman–Crippen LogP) is 4.19. The maximum absolute atomic E-state index is 6.00. The molecule has 29 heavy (non-hydrogen) atoms. The van der Waals surface area contributed by atoms with Crippen LogP contribution in [-0.4, -0.2) is 55.1 Å². The van der Waals surface area contributed by atoms with Crippen molar-refractivity contribution in [3.63, 3.8) is 0 Å². The topological polar surface area (TPSA) is 35.5 Å². The molecule has 0 saturated carbocycles. The number of benzene rings is 2. The van der Waals surface area contributed by atoms with E-state index in [0.29, 0.717) is 0 Å². The van der Waals surface area contributed by atoms with Gasteiger partial charge >= 0.3 is 0 Å². The number of aromatic nitrogens is 2. The minimum Gasteiger partial charge on any atom is -0.368 e. The summed E-state index contributed by atoms with van der Waals surface area (Å²) >= 11 is 6.00. The average Bonchev–Trinajstić information content (AvgIpc) is 2.74. The van der Waals surface area contributed by atoms with E-state index in [1.807, 2.05) is 24.5 Å². The van der Waals surface area contributed by atoms with Crippen molar-refractivity contribution in [2.24, 2.45) is 0 Å². The smallest absolute Gasteiger partial charge is 0.225 e. The van der Waals surface area contributed by atoms with Crippen molar-refractivity contribution in [2.45, 2.75) is 6.54 Å². The van der Waals surface area contributed by atoms with Gasteiger partial charge in [0, 0.05) is 61.4 Å². The molecular weight excluding hydrogens is 382 g/mol. The maximum atomic E-state index is 6.00. The average molecular weight is 408 g/mol. The van der Waals surface area contributed by atoms with Crippen molar-refractivity contribution in [2.75, 3.05) is 50.1 Å². The summed E-state index contributed by atoms with van der Waals surface area (Å²) in [6.45, 7) is 4.61. The molecule has 150 valence electrons. The van der Waals surface area contributed by atoms with Crippen LogP contribution in [0.1, 0.15) is 5.56 Å². The molecule has 2 heterocycles. The number of rotatable bonds is 5. The lowest BCUT2D eigenvalue weighted by molar-refractivity contribution is 0.402. The van der Waals surface area contributed by atoms with Crippen molar-refractivity contribution >= 4 is 23.2 Å². The van der Waals surface area contributed by atoms with Gasteiger partial charge in [0.25, 0.3) is 0 Å². The zero-order chi connectivity index (χ0) is 20.2. The summed E-state index contributed by atoms with van der Waals surface area (Å²) in [4.78, 5) is 16.1. The molecule has 0 N–H and O–H groups in total. The quantitative estimate of drug-likeness (QED) is 0.633. The Morgan fingerprint density at radius 1 is 0.862 bits per heavy atom. The molecule has 0 radical (unpaired) electrons. The first-order valence-corrected chi connectivity index (χ1v) is 10.3. The molecule has 1 aliphatic heterocycles. The van der Waals surface area contributed by atoms with Gasteiger partial charge in [-0.1, -0.05) is 29.8 Å². The number of piperazine rings is 1. The van der Waals surface area contributed by atoms with E-state index in [1.54, 1.807) is 0 Å². The van der Waals surface area contributed by atoms with Crippen LogP contribution in [0.25, 0.3) is 11.1 Å². The van der Waals surface area contributed by atoms with Crippen LogP contribution in [0.5, 0.6) is 0 Å². The summed E-state index contributed by atoms with van der Waals surface area (Å²) in [7, 11) is 4.16. The molecule has 0 amide bonds. The minimum absolute atomic E-state index is 0.771. The SMILES string of the molecule is CN(C)Cc1cccc(-c2cnc(N3CCN(c4ccc(Cl)cc4)CC3)nc2)c1. The van der Waals surface area contributed by atoms with Gasteiger partial charge in [-0.05, 0) is 55.6 Å². The Hall–Kier alpha value is -2.63. The van der Waals surface area contributed by atoms with Gasteiger partial charge in [0.1, 0.15) is 0 Å². The molecule has 0 spiro atoms. The van der Waals surface area contributed by atoms with Gasteiger partial charge < -0.3 is 14.7 Å². The molecule has 1 fully saturated rings. The highest BCUT2D eigenvalue weighted by Crippen LogP contribution is 2.23. The van der Waals surface area contributed by atoms with Gasteiger partial charge in [-0.15, -0.1) is 0 Å². The van der Waals surface area contributed by atoms with Crippen LogP contribution in [0.3, 0.4) is 0 Å². The van der Waals surface area contributed by atoms with Crippen LogP contribution < -0.4 is 9.80 Å². The molecule has 3 aromatic rings. The summed E-state index contributed by atoms with van der Waals surface area (Å²) in [5.74, 6) is 0.800. The maximum Gasteiger partial charge on any atom is 0.225 e. The van der Waals surface area contributed by atoms with Gasteiger partial charge in [0.2, 0.25) is 5.95 Å². The first-order valence-electron chi connectivity index (χ1n) is 9.90. The fourth-order valence-electron chi connectivity index (χ4n) is 3.66. The van der Waals surface area contributed by atoms with Crippen LogP contribution in [0.2, 0.25) is 5.02 Å². The van der Waals surface area contributed by atoms with E-state index in [4.69, 9.17) is 11.6 Å². The number of hydrogen-bond donors (Lipinski definition) is 0. The molecule has 6 heteroatoms. The van der Waals surface area contributed by atoms with Crippen LogP contribution in [0, 0.1) is 0 Å². The van der Waals surface area contributed by atoms with Gasteiger partial charge in [0.05, 0.1) is 0 Å². The summed E-state index contributed by atoms with van der Waals surface area (Å²) in [5.41, 5.74) is 4.70. The Kier molecular flexibility index (Phi) is 5.97. The lowest BCUT2D eigenvalue weighted by Crippen LogP contribution is -2.47. The van der Waals surface area contributed by atoms with E-state index < -0.39 is 0 Å². The summed E-state index contributed by atoms with van der Waals surface area (Å²) in [5, 5.41) is 0.771. The Morgan fingerprint density at radius 3 is 2.17 bits per heavy atom. The zero-order valence-electron chi connectivity index (χ0n) is 16.9. The van der Waals surface area contributed by atoms with Crippen LogP contribution >= 0.6 is 11.6 Å². The van der Waals surface area contributed by atoms with E-state index in [1.165, 1.54) is 11.3 Å². The molecule has 1 aliphatic rings. The fraction of sp³-hybridized carbons (Fsp3) is 0.304. The second kappa shape index (κ2) is 8.80. The molecule has 1 aromatic heterocycles. The number of nitrogens with zero attached hydrogens (tertiary/aromatic N) is 5. The second-order valence-electron chi connectivity index (χ2n) is 7.66. The highest BCUT2D eigenvalue weighted by Gasteiger charge is 2.19. The Labute approximate surface area is 177 Å². The number of halogens is 1. The second-order valence-corrected chi connectivity index (χ2v) is 8.10. The molecule has 5 nitrogen and oxygen atoms in total. The van der Waals surface area contributed by atoms with Crippen molar-refractivity contribution in [1.29, 1.82) is 0 Å². The molecule has 0 unspecified atom stereocenters. The van der Waals surface area contributed by atoms with Gasteiger partial charge in [-0.2, -0.15) is 0 Å². The van der Waals surface area contributed by atoms with E-state index in [9.17, 15) is 0 Å². The number of hydrogen-bond acceptors (Lipinski definition) is 5. The number of anilines is 2. The van der Waals surface area contributed by atoms with Crippen LogP contribution in [-0.2, 0) is 6.54 Å². The Bertz CT molecular complexity index is 932. The molecular formula is C23H26ClN5. The predicted molar refractivity (Wildman–Crippen MR) is 121 cm³/mol. The van der Waals surface area contributed by atoms with E-state index >= 15 is 0 Å². The Morgan fingerprint density at radius 2 is 1.52 bits per heavy atom. The summed E-state index contributed by atoms with van der Waals surface area (Å²) in [6, 6.07) is 16.6. The van der Waals surface area contributed by atoms with Crippen molar-refractivity contribution in [3.8, 4) is 11.1 Å². The molecule has 1 saturated heterocycles. The van der Waals surface area contributed by atoms with Crippen LogP contribution in [0.4, 0.5) is 11.6 Å². The third kappa shape index (κ3) is 4.86. The molecule has 0 bridgehead atoms. The molecule has 2 aromatic carbocycles. The van der Waals surface area contributed by atoms with Crippen LogP contribution in [0.15, 0.2) is 60.9 Å². The monoisotopic (exact) mass is 407 g/mol. The molecule has 0 atom stereocenters. The van der Waals surface area contributed by atoms with E-state index in [2.05, 4.69) is 75.2 Å².